The predicted octanol–water partition coefficient (Wildman–Crippen LogP) is 0.119. The van der Waals surface area contributed by atoms with E-state index in [2.05, 4.69) is 15.2 Å². The molecule has 2 rings (SSSR count). The van der Waals surface area contributed by atoms with Gasteiger partial charge in [-0.1, -0.05) is 0 Å². The number of primary sulfonamides is 1. The van der Waals surface area contributed by atoms with Gasteiger partial charge in [-0.3, -0.25) is 0 Å². The van der Waals surface area contributed by atoms with Crippen molar-refractivity contribution in [2.75, 3.05) is 0 Å². The van der Waals surface area contributed by atoms with E-state index in [1.807, 2.05) is 0 Å². The number of nitrogens with one attached hydrogen (secondary N) is 1. The molecular formula is C8H8N4O2S. The Kier molecular flexibility index (Phi) is 2.25. The molecule has 0 radical (unpaired) electrons. The van der Waals surface area contributed by atoms with E-state index in [1.165, 1.54) is 18.5 Å². The van der Waals surface area contributed by atoms with Crippen molar-refractivity contribution >= 4 is 10.0 Å². The predicted molar refractivity (Wildman–Crippen MR) is 53.2 cm³/mol. The summed E-state index contributed by atoms with van der Waals surface area (Å²) in [6, 6.07) is 6.07. The number of hydrogen-bond acceptors (Lipinski definition) is 4. The van der Waals surface area contributed by atoms with Crippen LogP contribution >= 0.6 is 0 Å². The van der Waals surface area contributed by atoms with Crippen LogP contribution in [-0.4, -0.2) is 23.6 Å². The number of aromatic nitrogens is 3. The third kappa shape index (κ3) is 2.03. The highest BCUT2D eigenvalue weighted by Gasteiger charge is 2.07. The van der Waals surface area contributed by atoms with Crippen LogP contribution in [0, 0.1) is 0 Å². The minimum absolute atomic E-state index is 0.0748. The molecule has 78 valence electrons. The Labute approximate surface area is 86.2 Å². The van der Waals surface area contributed by atoms with Gasteiger partial charge >= 0.3 is 0 Å². The second-order valence-electron chi connectivity index (χ2n) is 2.91. The molecule has 6 nitrogen and oxygen atoms in total. The van der Waals surface area contributed by atoms with Gasteiger partial charge in [-0.05, 0) is 24.3 Å². The summed E-state index contributed by atoms with van der Waals surface area (Å²) in [6.07, 6.45) is 1.45. The van der Waals surface area contributed by atoms with Crippen LogP contribution in [0.2, 0.25) is 0 Å². The van der Waals surface area contributed by atoms with E-state index >= 15 is 0 Å². The molecule has 0 amide bonds. The Morgan fingerprint density at radius 3 is 2.33 bits per heavy atom. The van der Waals surface area contributed by atoms with Crippen LogP contribution < -0.4 is 5.14 Å². The lowest BCUT2D eigenvalue weighted by Gasteiger charge is -1.99. The molecule has 0 unspecified atom stereocenters. The lowest BCUT2D eigenvalue weighted by atomic mass is 10.2. The van der Waals surface area contributed by atoms with E-state index in [-0.39, 0.29) is 4.90 Å². The SMILES string of the molecule is NS(=O)(=O)c1ccc(-c2nnc[nH]2)cc1. The van der Waals surface area contributed by atoms with Gasteiger partial charge < -0.3 is 4.98 Å². The summed E-state index contributed by atoms with van der Waals surface area (Å²) in [5.41, 5.74) is 0.750. The van der Waals surface area contributed by atoms with E-state index in [0.29, 0.717) is 5.82 Å². The van der Waals surface area contributed by atoms with Crippen LogP contribution in [0.15, 0.2) is 35.5 Å². The van der Waals surface area contributed by atoms with Crippen LogP contribution in [0.4, 0.5) is 0 Å². The standard InChI is InChI=1S/C8H8N4O2S/c9-15(13,14)7-3-1-6(2-4-7)8-10-5-11-12-8/h1-5H,(H2,9,13,14)(H,10,11,12). The zero-order valence-electron chi connectivity index (χ0n) is 7.58. The maximum atomic E-state index is 11.0. The lowest BCUT2D eigenvalue weighted by molar-refractivity contribution is 0.598. The van der Waals surface area contributed by atoms with Crippen LogP contribution in [0.25, 0.3) is 11.4 Å². The van der Waals surface area contributed by atoms with Gasteiger partial charge in [0.2, 0.25) is 10.0 Å². The van der Waals surface area contributed by atoms with Crippen LogP contribution in [0.1, 0.15) is 0 Å². The molecule has 2 aromatic rings. The highest BCUT2D eigenvalue weighted by atomic mass is 32.2. The summed E-state index contributed by atoms with van der Waals surface area (Å²) in [5.74, 6) is 0.580. The highest BCUT2D eigenvalue weighted by Crippen LogP contribution is 2.16. The van der Waals surface area contributed by atoms with E-state index in [4.69, 9.17) is 5.14 Å². The largest absolute Gasteiger partial charge is 0.328 e. The summed E-state index contributed by atoms with van der Waals surface area (Å²) in [5, 5.41) is 12.4. The number of nitrogens with zero attached hydrogens (tertiary/aromatic N) is 2. The smallest absolute Gasteiger partial charge is 0.238 e. The third-order valence-electron chi connectivity index (χ3n) is 1.87. The molecule has 0 saturated heterocycles. The van der Waals surface area contributed by atoms with Gasteiger partial charge in [-0.2, -0.15) is 0 Å². The van der Waals surface area contributed by atoms with E-state index < -0.39 is 10.0 Å². The van der Waals surface area contributed by atoms with Gasteiger partial charge in [0.15, 0.2) is 5.82 Å². The first-order valence-electron chi connectivity index (χ1n) is 4.07. The molecule has 1 aromatic heterocycles. The number of rotatable bonds is 2. The van der Waals surface area contributed by atoms with Crippen molar-refractivity contribution in [3.8, 4) is 11.4 Å². The zero-order chi connectivity index (χ0) is 10.9. The number of nitrogens with two attached hydrogens (primary N) is 1. The van der Waals surface area contributed by atoms with Gasteiger partial charge in [0.05, 0.1) is 4.90 Å². The Bertz CT molecular complexity index is 545. The summed E-state index contributed by atoms with van der Waals surface area (Å²) >= 11 is 0. The van der Waals surface area contributed by atoms with Crippen LogP contribution in [0.5, 0.6) is 0 Å². The molecule has 15 heavy (non-hydrogen) atoms. The topological polar surface area (TPSA) is 102 Å². The average molecular weight is 224 g/mol. The summed E-state index contributed by atoms with van der Waals surface area (Å²) in [4.78, 5) is 2.88. The first kappa shape index (κ1) is 9.81. The zero-order valence-corrected chi connectivity index (χ0v) is 8.40. The lowest BCUT2D eigenvalue weighted by Crippen LogP contribution is -2.11. The van der Waals surface area contributed by atoms with E-state index in [0.717, 1.165) is 5.56 Å². The molecule has 0 saturated carbocycles. The Balaban J connectivity index is 2.42. The Morgan fingerprint density at radius 1 is 1.20 bits per heavy atom. The minimum Gasteiger partial charge on any atom is -0.328 e. The highest BCUT2D eigenvalue weighted by molar-refractivity contribution is 7.89. The van der Waals surface area contributed by atoms with E-state index in [1.54, 1.807) is 12.1 Å². The second kappa shape index (κ2) is 3.44. The maximum absolute atomic E-state index is 11.0. The molecule has 1 aromatic carbocycles. The van der Waals surface area contributed by atoms with Crippen molar-refractivity contribution in [1.82, 2.24) is 15.2 Å². The molecule has 0 fully saturated rings. The summed E-state index contributed by atoms with van der Waals surface area (Å²) in [7, 11) is -3.63. The molecule has 0 spiro atoms. The first-order valence-corrected chi connectivity index (χ1v) is 5.61. The molecule has 0 aliphatic rings. The van der Waals surface area contributed by atoms with Crippen molar-refractivity contribution in [3.05, 3.63) is 30.6 Å². The fourth-order valence-electron chi connectivity index (χ4n) is 1.15. The fraction of sp³-hybridized carbons (Fsp3) is 0. The monoisotopic (exact) mass is 224 g/mol. The summed E-state index contributed by atoms with van der Waals surface area (Å²) in [6.45, 7) is 0. The van der Waals surface area contributed by atoms with Gasteiger partial charge in [0.25, 0.3) is 0 Å². The minimum atomic E-state index is -3.63. The van der Waals surface area contributed by atoms with Crippen molar-refractivity contribution in [1.29, 1.82) is 0 Å². The van der Waals surface area contributed by atoms with Gasteiger partial charge in [0.1, 0.15) is 6.33 Å². The molecule has 0 aliphatic heterocycles. The Hall–Kier alpha value is -1.73. The third-order valence-corrected chi connectivity index (χ3v) is 2.80. The van der Waals surface area contributed by atoms with Gasteiger partial charge in [-0.15, -0.1) is 10.2 Å². The number of aromatic amines is 1. The van der Waals surface area contributed by atoms with Gasteiger partial charge in [0, 0.05) is 5.56 Å². The van der Waals surface area contributed by atoms with Crippen molar-refractivity contribution in [2.24, 2.45) is 5.14 Å². The average Bonchev–Trinajstić information content (AvgIpc) is 2.69. The number of sulfonamides is 1. The molecule has 0 aliphatic carbocycles. The van der Waals surface area contributed by atoms with Crippen molar-refractivity contribution in [3.63, 3.8) is 0 Å². The van der Waals surface area contributed by atoms with Crippen molar-refractivity contribution in [2.45, 2.75) is 4.90 Å². The Morgan fingerprint density at radius 2 is 1.87 bits per heavy atom. The quantitative estimate of drug-likeness (QED) is 0.756. The van der Waals surface area contributed by atoms with Crippen LogP contribution in [0.3, 0.4) is 0 Å². The fourth-order valence-corrected chi connectivity index (χ4v) is 1.66. The molecule has 0 bridgehead atoms. The summed E-state index contributed by atoms with van der Waals surface area (Å²) < 4.78 is 21.9. The van der Waals surface area contributed by atoms with Crippen LogP contribution in [-0.2, 0) is 10.0 Å². The maximum Gasteiger partial charge on any atom is 0.238 e. The number of H-pyrrole nitrogens is 1. The van der Waals surface area contributed by atoms with Gasteiger partial charge in [-0.25, -0.2) is 13.6 Å². The number of hydrogen-bond donors (Lipinski definition) is 2. The molecule has 7 heteroatoms. The molecule has 1 heterocycles. The van der Waals surface area contributed by atoms with Crippen molar-refractivity contribution < 1.29 is 8.42 Å². The molecular weight excluding hydrogens is 216 g/mol. The molecule has 0 atom stereocenters. The number of benzene rings is 1. The molecule has 3 N–H and O–H groups in total. The second-order valence-corrected chi connectivity index (χ2v) is 4.47. The van der Waals surface area contributed by atoms with E-state index in [9.17, 15) is 8.42 Å². The normalized spacial score (nSPS) is 11.5. The first-order chi connectivity index (χ1) is 7.07.